The summed E-state index contributed by atoms with van der Waals surface area (Å²) in [6.45, 7) is 0.114. The highest BCUT2D eigenvalue weighted by atomic mass is 19.3. The molecule has 1 atom stereocenters. The topological polar surface area (TPSA) is 62.2 Å². The minimum Gasteiger partial charge on any atom is -0.477 e. The van der Waals surface area contributed by atoms with E-state index in [0.717, 1.165) is 6.42 Å². The van der Waals surface area contributed by atoms with Crippen molar-refractivity contribution >= 4 is 11.8 Å². The lowest BCUT2D eigenvalue weighted by atomic mass is 9.85. The molecule has 0 radical (unpaired) electrons. The molecule has 19 heavy (non-hydrogen) atoms. The van der Waals surface area contributed by atoms with E-state index < -0.39 is 17.8 Å². The number of hydrogen-bond acceptors (Lipinski definition) is 3. The smallest absolute Gasteiger partial charge is 0.354 e. The van der Waals surface area contributed by atoms with Crippen molar-refractivity contribution in [3.05, 3.63) is 23.9 Å². The van der Waals surface area contributed by atoms with Crippen molar-refractivity contribution in [2.45, 2.75) is 31.6 Å². The Morgan fingerprint density at radius 2 is 2.26 bits per heavy atom. The molecule has 1 heterocycles. The molecule has 6 heteroatoms. The Morgan fingerprint density at radius 1 is 1.47 bits per heavy atom. The summed E-state index contributed by atoms with van der Waals surface area (Å²) in [7, 11) is 0. The van der Waals surface area contributed by atoms with Crippen LogP contribution >= 0.6 is 0 Å². The number of aromatic carboxylic acids is 1. The monoisotopic (exact) mass is 270 g/mol. The van der Waals surface area contributed by atoms with Gasteiger partial charge in [0.15, 0.2) is 5.69 Å². The number of rotatable bonds is 4. The van der Waals surface area contributed by atoms with E-state index >= 15 is 0 Å². The van der Waals surface area contributed by atoms with Gasteiger partial charge in [0.05, 0.1) is 0 Å². The van der Waals surface area contributed by atoms with Crippen LogP contribution < -0.4 is 5.32 Å². The van der Waals surface area contributed by atoms with Crippen molar-refractivity contribution in [2.75, 3.05) is 11.9 Å². The fraction of sp³-hybridized carbons (Fsp3) is 0.538. The Bertz CT molecular complexity index is 466. The van der Waals surface area contributed by atoms with Crippen molar-refractivity contribution in [1.82, 2.24) is 4.98 Å². The van der Waals surface area contributed by atoms with Crippen molar-refractivity contribution < 1.29 is 18.7 Å². The predicted octanol–water partition coefficient (Wildman–Crippen LogP) is 3.02. The lowest BCUT2D eigenvalue weighted by Crippen LogP contribution is -2.36. The van der Waals surface area contributed by atoms with Crippen molar-refractivity contribution in [3.63, 3.8) is 0 Å². The summed E-state index contributed by atoms with van der Waals surface area (Å²) >= 11 is 0. The van der Waals surface area contributed by atoms with Crippen LogP contribution in [0.15, 0.2) is 18.2 Å². The van der Waals surface area contributed by atoms with Gasteiger partial charge in [0, 0.05) is 18.9 Å². The number of halogens is 2. The van der Waals surface area contributed by atoms with Crippen molar-refractivity contribution in [2.24, 2.45) is 5.92 Å². The molecule has 0 spiro atoms. The Labute approximate surface area is 109 Å². The highest BCUT2D eigenvalue weighted by molar-refractivity contribution is 5.85. The average molecular weight is 270 g/mol. The zero-order valence-corrected chi connectivity index (χ0v) is 10.4. The molecule has 0 aromatic carbocycles. The number of alkyl halides is 2. The summed E-state index contributed by atoms with van der Waals surface area (Å²) in [5.41, 5.74) is -0.0968. The number of carboxylic acids is 1. The maximum Gasteiger partial charge on any atom is 0.354 e. The molecular formula is C13H16F2N2O2. The number of pyridine rings is 1. The SMILES string of the molecule is O=C(O)c1cccc(NCC2CCCCC2(F)F)n1. The molecule has 0 aliphatic heterocycles. The van der Waals surface area contributed by atoms with Gasteiger partial charge < -0.3 is 10.4 Å². The summed E-state index contributed by atoms with van der Waals surface area (Å²) in [5, 5.41) is 11.6. The van der Waals surface area contributed by atoms with E-state index in [4.69, 9.17) is 5.11 Å². The number of hydrogen-bond donors (Lipinski definition) is 2. The highest BCUT2D eigenvalue weighted by Gasteiger charge is 2.40. The van der Waals surface area contributed by atoms with E-state index in [1.807, 2.05) is 0 Å². The van der Waals surface area contributed by atoms with E-state index in [-0.39, 0.29) is 18.7 Å². The third-order valence-electron chi connectivity index (χ3n) is 3.41. The Morgan fingerprint density at radius 3 is 2.95 bits per heavy atom. The number of carboxylic acid groups (broad SMARTS) is 1. The highest BCUT2D eigenvalue weighted by Crippen LogP contribution is 2.38. The van der Waals surface area contributed by atoms with E-state index in [1.54, 1.807) is 6.07 Å². The molecule has 1 aromatic heterocycles. The van der Waals surface area contributed by atoms with Gasteiger partial charge in [-0.25, -0.2) is 18.6 Å². The molecule has 1 aromatic rings. The fourth-order valence-electron chi connectivity index (χ4n) is 2.30. The largest absolute Gasteiger partial charge is 0.477 e. The van der Waals surface area contributed by atoms with E-state index in [1.165, 1.54) is 12.1 Å². The Balaban J connectivity index is 1.98. The average Bonchev–Trinajstić information content (AvgIpc) is 2.37. The molecule has 1 aliphatic rings. The van der Waals surface area contributed by atoms with E-state index in [2.05, 4.69) is 10.3 Å². The van der Waals surface area contributed by atoms with Gasteiger partial charge in [-0.2, -0.15) is 0 Å². The summed E-state index contributed by atoms with van der Waals surface area (Å²) in [4.78, 5) is 14.6. The van der Waals surface area contributed by atoms with Gasteiger partial charge in [-0.3, -0.25) is 0 Å². The second-order valence-electron chi connectivity index (χ2n) is 4.80. The molecule has 2 N–H and O–H groups in total. The van der Waals surface area contributed by atoms with Gasteiger partial charge in [0.25, 0.3) is 5.92 Å². The van der Waals surface area contributed by atoms with Gasteiger partial charge in [0.1, 0.15) is 5.82 Å². The first kappa shape index (κ1) is 13.7. The third-order valence-corrected chi connectivity index (χ3v) is 3.41. The number of nitrogens with one attached hydrogen (secondary N) is 1. The molecular weight excluding hydrogens is 254 g/mol. The van der Waals surface area contributed by atoms with Crippen LogP contribution in [0, 0.1) is 5.92 Å². The van der Waals surface area contributed by atoms with Gasteiger partial charge in [-0.1, -0.05) is 12.5 Å². The van der Waals surface area contributed by atoms with Gasteiger partial charge in [-0.05, 0) is 25.0 Å². The zero-order chi connectivity index (χ0) is 13.9. The lowest BCUT2D eigenvalue weighted by Gasteiger charge is -2.31. The molecule has 1 fully saturated rings. The second-order valence-corrected chi connectivity index (χ2v) is 4.80. The first-order valence-corrected chi connectivity index (χ1v) is 6.31. The summed E-state index contributed by atoms with van der Waals surface area (Å²) in [6, 6.07) is 4.48. The van der Waals surface area contributed by atoms with E-state index in [0.29, 0.717) is 18.7 Å². The second kappa shape index (κ2) is 5.50. The molecule has 0 bridgehead atoms. The molecule has 1 unspecified atom stereocenters. The minimum absolute atomic E-state index is 0.0675. The fourth-order valence-corrected chi connectivity index (χ4v) is 2.30. The standard InChI is InChI=1S/C13H16F2N2O2/c14-13(15)7-2-1-4-9(13)8-16-11-6-3-5-10(17-11)12(18)19/h3,5-6,9H,1-2,4,7-8H2,(H,16,17)(H,18,19). The van der Waals surface area contributed by atoms with Gasteiger partial charge >= 0.3 is 5.97 Å². The quantitative estimate of drug-likeness (QED) is 0.882. The van der Waals surface area contributed by atoms with Crippen LogP contribution in [0.25, 0.3) is 0 Å². The normalized spacial score (nSPS) is 21.9. The maximum atomic E-state index is 13.6. The van der Waals surface area contributed by atoms with Crippen LogP contribution in [0.5, 0.6) is 0 Å². The number of aromatic nitrogens is 1. The summed E-state index contributed by atoms with van der Waals surface area (Å²) in [5.74, 6) is -4.17. The van der Waals surface area contributed by atoms with Crippen LogP contribution in [-0.4, -0.2) is 28.5 Å². The Hall–Kier alpha value is -1.72. The maximum absolute atomic E-state index is 13.6. The van der Waals surface area contributed by atoms with E-state index in [9.17, 15) is 13.6 Å². The molecule has 1 aliphatic carbocycles. The Kier molecular flexibility index (Phi) is 3.97. The van der Waals surface area contributed by atoms with Crippen LogP contribution in [0.4, 0.5) is 14.6 Å². The van der Waals surface area contributed by atoms with Crippen molar-refractivity contribution in [1.29, 1.82) is 0 Å². The molecule has 1 saturated carbocycles. The summed E-state index contributed by atoms with van der Waals surface area (Å²) < 4.78 is 27.2. The lowest BCUT2D eigenvalue weighted by molar-refractivity contribution is -0.0802. The first-order chi connectivity index (χ1) is 8.99. The van der Waals surface area contributed by atoms with Crippen LogP contribution in [-0.2, 0) is 0 Å². The molecule has 0 saturated heterocycles. The number of anilines is 1. The molecule has 4 nitrogen and oxygen atoms in total. The molecule has 104 valence electrons. The van der Waals surface area contributed by atoms with Gasteiger partial charge in [-0.15, -0.1) is 0 Å². The molecule has 2 rings (SSSR count). The molecule has 0 amide bonds. The predicted molar refractivity (Wildman–Crippen MR) is 66.6 cm³/mol. The summed E-state index contributed by atoms with van der Waals surface area (Å²) in [6.07, 6.45) is 1.79. The minimum atomic E-state index is -2.64. The van der Waals surface area contributed by atoms with Crippen LogP contribution in [0.1, 0.15) is 36.2 Å². The van der Waals surface area contributed by atoms with Crippen LogP contribution in [0.2, 0.25) is 0 Å². The third kappa shape index (κ3) is 3.39. The first-order valence-electron chi connectivity index (χ1n) is 6.31. The van der Waals surface area contributed by atoms with Crippen LogP contribution in [0.3, 0.4) is 0 Å². The van der Waals surface area contributed by atoms with Crippen molar-refractivity contribution in [3.8, 4) is 0 Å². The zero-order valence-electron chi connectivity index (χ0n) is 10.4. The number of carbonyl (C=O) groups is 1. The van der Waals surface area contributed by atoms with Gasteiger partial charge in [0.2, 0.25) is 0 Å². The number of nitrogens with zero attached hydrogens (tertiary/aromatic N) is 1.